The van der Waals surface area contributed by atoms with E-state index in [1.165, 1.54) is 0 Å². The van der Waals surface area contributed by atoms with Crippen LogP contribution in [0.25, 0.3) is 0 Å². The molecule has 30 nitrogen and oxygen atoms in total. The molecule has 0 rings (SSSR count). The maximum atomic E-state index is 13.5. The van der Waals surface area contributed by atoms with E-state index in [4.69, 9.17) is 10.4 Å². The molecule has 0 aromatic heterocycles. The fourth-order valence-corrected chi connectivity index (χ4v) is 6.09. The Labute approximate surface area is 390 Å². The van der Waals surface area contributed by atoms with Crippen molar-refractivity contribution in [2.24, 2.45) is 10.6 Å². The topological polar surface area (TPSA) is 477 Å². The summed E-state index contributed by atoms with van der Waals surface area (Å²) in [7, 11) is 0. The van der Waals surface area contributed by atoms with Gasteiger partial charge in [0, 0.05) is 12.8 Å². The van der Waals surface area contributed by atoms with Crippen molar-refractivity contribution in [1.29, 1.82) is 0 Å². The van der Waals surface area contributed by atoms with Crippen molar-refractivity contribution in [3.63, 3.8) is 0 Å². The van der Waals surface area contributed by atoms with Gasteiger partial charge in [0.25, 0.3) is 0 Å². The molecule has 7 amide bonds. The van der Waals surface area contributed by atoms with E-state index in [1.54, 1.807) is 0 Å². The molecule has 0 saturated carbocycles. The quantitative estimate of drug-likeness (QED) is 0.0123. The number of aliphatic hydroxyl groups excluding tert-OH is 4. The van der Waals surface area contributed by atoms with E-state index >= 15 is 0 Å². The van der Waals surface area contributed by atoms with E-state index in [9.17, 15) is 84.2 Å². The van der Waals surface area contributed by atoms with Crippen LogP contribution < -0.4 is 37.2 Å². The number of hydroxylamine groups is 2. The van der Waals surface area contributed by atoms with E-state index in [2.05, 4.69) is 38.7 Å². The van der Waals surface area contributed by atoms with Crippen LogP contribution in [-0.2, 0) is 43.2 Å². The third-order valence-electron chi connectivity index (χ3n) is 9.94. The van der Waals surface area contributed by atoms with Crippen molar-refractivity contribution in [3.05, 3.63) is 10.4 Å². The maximum absolute atomic E-state index is 13.5. The van der Waals surface area contributed by atoms with Crippen LogP contribution in [0, 0.1) is 10.4 Å². The Morgan fingerprint density at radius 1 is 0.559 bits per heavy atom. The van der Waals surface area contributed by atoms with E-state index in [-0.39, 0.29) is 35.4 Å². The second-order valence-corrected chi connectivity index (χ2v) is 15.6. The standard InChI is InChI=1S/C38H67N11O19/c1-4-5-6-7-8-9-10-13-23(52)18-27(53)39-19-28(54)44-30(31(55)38(63)64)36(60)43-26(20-50)34(58)45-29(22(3)51)35(59)41-24(14-11-16-48(67)46-65)33(57)40-21(2)32(56)42-25(37(61)62)15-12-17-49(68)47-66/h21-26,29-31,50-52,55,65-66H,4-20H2,1-3H3,(H,39,53)(H,40,57)(H,41,59)(H,42,56)(H,43,60)(H,44,54)(H,45,58)(H,61,62)(H,63,64)/t21-,22+,23-,24-,25-,26+,29+,30+,31+/m1/s1. The number of unbranched alkanes of at least 4 members (excludes halogenated alkanes) is 6. The highest BCUT2D eigenvalue weighted by atomic mass is 16.6. The molecular formula is C38H67N11O19. The van der Waals surface area contributed by atoms with Gasteiger partial charge in [-0.3, -0.25) is 33.6 Å². The van der Waals surface area contributed by atoms with E-state index < -0.39 is 141 Å². The molecule has 0 saturated heterocycles. The lowest BCUT2D eigenvalue weighted by Gasteiger charge is -2.28. The van der Waals surface area contributed by atoms with Crippen LogP contribution in [-0.4, -0.2) is 185 Å². The molecule has 9 atom stereocenters. The first-order chi connectivity index (χ1) is 32.0. The van der Waals surface area contributed by atoms with Gasteiger partial charge in [-0.05, 0) is 33.1 Å². The van der Waals surface area contributed by atoms with Gasteiger partial charge in [0.2, 0.25) is 41.4 Å². The molecule has 0 unspecified atom stereocenters. The van der Waals surface area contributed by atoms with Crippen molar-refractivity contribution < 1.29 is 93.9 Å². The normalized spacial score (nSPS) is 15.6. The summed E-state index contributed by atoms with van der Waals surface area (Å²) in [5.41, 5.74) is 0. The largest absolute Gasteiger partial charge is 0.597 e. The zero-order chi connectivity index (χ0) is 51.9. The first-order valence-electron chi connectivity index (χ1n) is 21.8. The van der Waals surface area contributed by atoms with Crippen LogP contribution in [0.4, 0.5) is 0 Å². The smallest absolute Gasteiger partial charge is 0.335 e. The molecule has 30 heteroatoms. The van der Waals surface area contributed by atoms with Gasteiger partial charge >= 0.3 is 11.9 Å². The van der Waals surface area contributed by atoms with Crippen LogP contribution in [0.2, 0.25) is 0 Å². The highest BCUT2D eigenvalue weighted by molar-refractivity contribution is 5.98. The summed E-state index contributed by atoms with van der Waals surface area (Å²) in [5.74, 6) is -12.0. The predicted molar refractivity (Wildman–Crippen MR) is 227 cm³/mol. The van der Waals surface area contributed by atoms with E-state index in [0.29, 0.717) is 12.8 Å². The van der Waals surface area contributed by atoms with Gasteiger partial charge in [0.05, 0.1) is 31.8 Å². The number of nitrogens with zero attached hydrogens (tertiary/aromatic N) is 4. The minimum absolute atomic E-state index is 0.134. The van der Waals surface area contributed by atoms with Gasteiger partial charge in [-0.15, -0.1) is 0 Å². The molecule has 388 valence electrons. The molecule has 0 aromatic rings. The molecule has 0 spiro atoms. The summed E-state index contributed by atoms with van der Waals surface area (Å²) in [6.45, 7) is 1.14. The highest BCUT2D eigenvalue weighted by Gasteiger charge is 2.37. The molecule has 0 aliphatic heterocycles. The van der Waals surface area contributed by atoms with Gasteiger partial charge in [-0.25, -0.2) is 9.59 Å². The zero-order valence-corrected chi connectivity index (χ0v) is 38.1. The summed E-state index contributed by atoms with van der Waals surface area (Å²) >= 11 is 0. The Morgan fingerprint density at radius 2 is 1.06 bits per heavy atom. The number of hydrogen-bond acceptors (Lipinski definition) is 17. The fraction of sp³-hybridized carbons (Fsp3) is 0.763. The molecule has 15 N–H and O–H groups in total. The third-order valence-corrected chi connectivity index (χ3v) is 9.94. The lowest BCUT2D eigenvalue weighted by atomic mass is 10.0. The number of hydrogen-bond donors (Lipinski definition) is 15. The zero-order valence-electron chi connectivity index (χ0n) is 38.1. The number of carboxylic acid groups (broad SMARTS) is 2. The van der Waals surface area contributed by atoms with Crippen molar-refractivity contribution in [1.82, 2.24) is 37.2 Å². The number of amides is 7. The number of carboxylic acids is 2. The van der Waals surface area contributed by atoms with Crippen molar-refractivity contribution in [3.8, 4) is 0 Å². The summed E-state index contributed by atoms with van der Waals surface area (Å²) in [4.78, 5) is 114. The average molecular weight is 982 g/mol. The number of aliphatic hydroxyl groups is 4. The Balaban J connectivity index is 5.85. The third kappa shape index (κ3) is 25.4. The van der Waals surface area contributed by atoms with Crippen LogP contribution in [0.3, 0.4) is 0 Å². The summed E-state index contributed by atoms with van der Waals surface area (Å²) < 4.78 is 0. The number of nitrogens with one attached hydrogen (secondary N) is 7. The molecule has 0 radical (unpaired) electrons. The Bertz CT molecular complexity index is 1720. The minimum atomic E-state index is -2.66. The fourth-order valence-electron chi connectivity index (χ4n) is 6.09. The molecular weight excluding hydrogens is 914 g/mol. The van der Waals surface area contributed by atoms with Crippen molar-refractivity contribution in [2.45, 2.75) is 159 Å². The summed E-state index contributed by atoms with van der Waals surface area (Å²) in [6, 6.07) is -11.2. The van der Waals surface area contributed by atoms with Gasteiger partial charge in [-0.1, -0.05) is 61.6 Å². The first-order valence-corrected chi connectivity index (χ1v) is 21.8. The highest BCUT2D eigenvalue weighted by Crippen LogP contribution is 2.11. The maximum Gasteiger partial charge on any atom is 0.335 e. The van der Waals surface area contributed by atoms with E-state index in [1.807, 2.05) is 16.0 Å². The average Bonchev–Trinajstić information content (AvgIpc) is 3.28. The monoisotopic (exact) mass is 981 g/mol. The Kier molecular flexibility index (Phi) is 30.6. The van der Waals surface area contributed by atoms with Gasteiger partial charge in [-0.2, -0.15) is 0 Å². The van der Waals surface area contributed by atoms with Crippen molar-refractivity contribution >= 4 is 53.3 Å². The Hall–Kier alpha value is -6.53. The van der Waals surface area contributed by atoms with E-state index in [0.717, 1.165) is 52.4 Å². The number of carbonyl (C=O) groups is 9. The molecule has 0 heterocycles. The second kappa shape index (κ2) is 33.9. The van der Waals surface area contributed by atoms with Crippen molar-refractivity contribution in [2.75, 3.05) is 26.2 Å². The molecule has 0 bridgehead atoms. The molecule has 0 aliphatic rings. The molecule has 68 heavy (non-hydrogen) atoms. The predicted octanol–water partition coefficient (Wildman–Crippen LogP) is -3.91. The number of aliphatic carboxylic acids is 2. The van der Waals surface area contributed by atoms with Gasteiger partial charge < -0.3 is 88.7 Å². The minimum Gasteiger partial charge on any atom is -0.597 e. The number of rotatable bonds is 36. The molecule has 0 aromatic carbocycles. The van der Waals surface area contributed by atoms with Gasteiger partial charge in [0.1, 0.15) is 36.3 Å². The lowest BCUT2D eigenvalue weighted by molar-refractivity contribution is -0.556. The first kappa shape index (κ1) is 61.5. The van der Waals surface area contributed by atoms with Crippen LogP contribution in [0.15, 0.2) is 10.6 Å². The number of carbonyl (C=O) groups excluding carboxylic acids is 7. The summed E-state index contributed by atoms with van der Waals surface area (Å²) in [5, 5.41) is 119. The van der Waals surface area contributed by atoms with Crippen LogP contribution in [0.5, 0.6) is 0 Å². The van der Waals surface area contributed by atoms with Crippen LogP contribution in [0.1, 0.15) is 104 Å². The molecule has 0 fully saturated rings. The lowest BCUT2D eigenvalue weighted by Crippen LogP contribution is -2.63. The Morgan fingerprint density at radius 3 is 1.57 bits per heavy atom. The second-order valence-electron chi connectivity index (χ2n) is 15.6. The summed E-state index contributed by atoms with van der Waals surface area (Å²) in [6.07, 6.45) is 0.218. The molecule has 0 aliphatic carbocycles. The van der Waals surface area contributed by atoms with Crippen LogP contribution >= 0.6 is 0 Å². The SMILES string of the molecule is CCCCCCCCC[C@@H](O)CC(=O)NCC(=O)N[C@H](C(=O)N[C@@H](CO)C(=O)N[C@H](C(=O)N[C@H](CCC[N+]([O-])=NO)C(=O)N[C@H](C)C(=O)N[C@H](CCC[N+]([O-])=NO)C(=O)O)[C@H](C)O)[C@H](O)C(=O)O. The van der Waals surface area contributed by atoms with Gasteiger partial charge in [0.15, 0.2) is 29.7 Å².